The van der Waals surface area contributed by atoms with Gasteiger partial charge in [0.05, 0.1) is 18.2 Å². The predicted molar refractivity (Wildman–Crippen MR) is 113 cm³/mol. The monoisotopic (exact) mass is 470 g/mol. The van der Waals surface area contributed by atoms with Crippen LogP contribution in [0.1, 0.15) is 35.3 Å². The smallest absolute Gasteiger partial charge is 0.267 e. The lowest BCUT2D eigenvalue weighted by Crippen LogP contribution is -2.56. The van der Waals surface area contributed by atoms with E-state index >= 15 is 0 Å². The number of rotatable bonds is 6. The van der Waals surface area contributed by atoms with Crippen LogP contribution in [0.25, 0.3) is 0 Å². The van der Waals surface area contributed by atoms with E-state index in [2.05, 4.69) is 0 Å². The first-order valence-electron chi connectivity index (χ1n) is 10.5. The molecule has 2 heterocycles. The molecule has 1 fully saturated rings. The van der Waals surface area contributed by atoms with E-state index in [4.69, 9.17) is 25.8 Å². The normalized spacial score (nSPS) is 27.3. The molecule has 0 aromatic heterocycles. The zero-order chi connectivity index (χ0) is 23.0. The number of hydrogen-bond donors (Lipinski definition) is 3. The van der Waals surface area contributed by atoms with Gasteiger partial charge in [0.25, 0.3) is 6.43 Å². The maximum absolute atomic E-state index is 13.4. The van der Waals surface area contributed by atoms with E-state index in [0.29, 0.717) is 53.5 Å². The van der Waals surface area contributed by atoms with Crippen molar-refractivity contribution < 1.29 is 38.3 Å². The van der Waals surface area contributed by atoms with Crippen molar-refractivity contribution in [1.82, 2.24) is 0 Å². The molecule has 9 heteroatoms. The number of halogens is 3. The molecule has 4 rings (SSSR count). The number of ether oxygens (including phenoxy) is 3. The maximum atomic E-state index is 13.4. The molecule has 2 aliphatic rings. The molecule has 2 aromatic carbocycles. The fourth-order valence-corrected chi connectivity index (χ4v) is 4.54. The third kappa shape index (κ3) is 4.30. The van der Waals surface area contributed by atoms with Gasteiger partial charge in [-0.2, -0.15) is 0 Å². The van der Waals surface area contributed by atoms with Gasteiger partial charge in [-0.1, -0.05) is 23.7 Å². The predicted octanol–water partition coefficient (Wildman–Crippen LogP) is 3.05. The zero-order valence-electron chi connectivity index (χ0n) is 17.4. The second kappa shape index (κ2) is 9.49. The molecule has 3 N–H and O–H groups in total. The molecule has 0 saturated carbocycles. The summed E-state index contributed by atoms with van der Waals surface area (Å²) in [7, 11) is 0. The van der Waals surface area contributed by atoms with Crippen LogP contribution >= 0.6 is 11.6 Å². The largest absolute Gasteiger partial charge is 0.494 e. The number of benzene rings is 2. The Morgan fingerprint density at radius 2 is 1.84 bits per heavy atom. The van der Waals surface area contributed by atoms with Gasteiger partial charge < -0.3 is 29.5 Å². The summed E-state index contributed by atoms with van der Waals surface area (Å²) >= 11 is 6.65. The Bertz CT molecular complexity index is 954. The third-order valence-corrected chi connectivity index (χ3v) is 6.32. The number of hydrogen-bond acceptors (Lipinski definition) is 6. The van der Waals surface area contributed by atoms with E-state index in [1.807, 2.05) is 31.2 Å². The van der Waals surface area contributed by atoms with Crippen molar-refractivity contribution in [2.75, 3.05) is 13.2 Å². The van der Waals surface area contributed by atoms with E-state index in [-0.39, 0.29) is 0 Å². The summed E-state index contributed by atoms with van der Waals surface area (Å²) in [6.45, 7) is 2.81. The van der Waals surface area contributed by atoms with Crippen LogP contribution in [-0.2, 0) is 17.6 Å². The summed E-state index contributed by atoms with van der Waals surface area (Å²) in [6.07, 6.45) is -10.7. The van der Waals surface area contributed by atoms with Gasteiger partial charge in [0.2, 0.25) is 0 Å². The summed E-state index contributed by atoms with van der Waals surface area (Å²) in [6, 6.07) is 9.17. The number of aliphatic hydroxyl groups excluding tert-OH is 3. The van der Waals surface area contributed by atoms with Crippen LogP contribution in [0.5, 0.6) is 11.5 Å². The average molecular weight is 471 g/mol. The second-order valence-electron chi connectivity index (χ2n) is 7.93. The van der Waals surface area contributed by atoms with Crippen molar-refractivity contribution in [3.8, 4) is 11.5 Å². The van der Waals surface area contributed by atoms with E-state index in [9.17, 15) is 24.1 Å². The quantitative estimate of drug-likeness (QED) is 0.601. The molecule has 0 bridgehead atoms. The van der Waals surface area contributed by atoms with Crippen LogP contribution in [0.4, 0.5) is 8.78 Å². The number of alkyl halides is 2. The fourth-order valence-electron chi connectivity index (χ4n) is 4.23. The van der Waals surface area contributed by atoms with Gasteiger partial charge in [-0.15, -0.1) is 0 Å². The highest BCUT2D eigenvalue weighted by Crippen LogP contribution is 2.45. The summed E-state index contributed by atoms with van der Waals surface area (Å²) in [5, 5.41) is 31.1. The molecular formula is C23H25ClF2O6. The molecule has 0 amide bonds. The summed E-state index contributed by atoms with van der Waals surface area (Å²) in [4.78, 5) is 0. The lowest BCUT2D eigenvalue weighted by atomic mass is 9.88. The van der Waals surface area contributed by atoms with Gasteiger partial charge in [0.15, 0.2) is 0 Å². The van der Waals surface area contributed by atoms with Gasteiger partial charge >= 0.3 is 0 Å². The first-order valence-corrected chi connectivity index (χ1v) is 10.9. The molecule has 32 heavy (non-hydrogen) atoms. The van der Waals surface area contributed by atoms with E-state index in [1.54, 1.807) is 6.07 Å². The third-order valence-electron chi connectivity index (χ3n) is 5.85. The highest BCUT2D eigenvalue weighted by atomic mass is 35.5. The Hall–Kier alpha value is -1.97. The molecule has 2 aliphatic heterocycles. The van der Waals surface area contributed by atoms with Gasteiger partial charge in [0, 0.05) is 17.5 Å². The Morgan fingerprint density at radius 3 is 2.50 bits per heavy atom. The van der Waals surface area contributed by atoms with Crippen molar-refractivity contribution in [2.24, 2.45) is 0 Å². The molecule has 1 saturated heterocycles. The van der Waals surface area contributed by atoms with Crippen LogP contribution in [0.3, 0.4) is 0 Å². The van der Waals surface area contributed by atoms with Gasteiger partial charge in [0.1, 0.15) is 42.0 Å². The van der Waals surface area contributed by atoms with Crippen LogP contribution in [0.15, 0.2) is 30.3 Å². The van der Waals surface area contributed by atoms with Crippen LogP contribution < -0.4 is 9.47 Å². The first kappa shape index (κ1) is 23.2. The maximum Gasteiger partial charge on any atom is 0.267 e. The average Bonchev–Trinajstić information content (AvgIpc) is 3.26. The minimum Gasteiger partial charge on any atom is -0.494 e. The Balaban J connectivity index is 1.70. The van der Waals surface area contributed by atoms with E-state index in [0.717, 1.165) is 11.3 Å². The molecular weight excluding hydrogens is 446 g/mol. The Labute approximate surface area is 189 Å². The van der Waals surface area contributed by atoms with Crippen molar-refractivity contribution in [3.63, 3.8) is 0 Å². The van der Waals surface area contributed by atoms with Gasteiger partial charge in [-0.3, -0.25) is 0 Å². The molecule has 2 aromatic rings. The first-order chi connectivity index (χ1) is 15.3. The van der Waals surface area contributed by atoms with Crippen molar-refractivity contribution in [2.45, 2.75) is 56.7 Å². The summed E-state index contributed by atoms with van der Waals surface area (Å²) < 4.78 is 43.4. The van der Waals surface area contributed by atoms with Crippen molar-refractivity contribution in [3.05, 3.63) is 57.6 Å². The van der Waals surface area contributed by atoms with Crippen LogP contribution in [-0.4, -0.2) is 59.4 Å². The zero-order valence-corrected chi connectivity index (χ0v) is 18.1. The fraction of sp³-hybridized carbons (Fsp3) is 0.478. The minimum absolute atomic E-state index is 0.326. The molecule has 6 nitrogen and oxygen atoms in total. The van der Waals surface area contributed by atoms with Gasteiger partial charge in [-0.25, -0.2) is 8.78 Å². The van der Waals surface area contributed by atoms with Crippen LogP contribution in [0, 0.1) is 0 Å². The molecule has 0 radical (unpaired) electrons. The van der Waals surface area contributed by atoms with Crippen molar-refractivity contribution >= 4 is 11.6 Å². The lowest BCUT2D eigenvalue weighted by Gasteiger charge is -2.41. The van der Waals surface area contributed by atoms with E-state index in [1.165, 1.54) is 0 Å². The Kier molecular flexibility index (Phi) is 6.88. The Morgan fingerprint density at radius 1 is 1.12 bits per heavy atom. The number of fused-ring (bicyclic) bond motifs is 1. The second-order valence-corrected chi connectivity index (χ2v) is 8.30. The molecule has 5 atom stereocenters. The van der Waals surface area contributed by atoms with Gasteiger partial charge in [-0.05, 0) is 42.7 Å². The summed E-state index contributed by atoms with van der Waals surface area (Å²) in [5.74, 6) is 1.11. The summed E-state index contributed by atoms with van der Waals surface area (Å²) in [5.41, 5.74) is 2.69. The molecule has 0 spiro atoms. The molecule has 174 valence electrons. The topological polar surface area (TPSA) is 88.4 Å². The van der Waals surface area contributed by atoms with E-state index < -0.39 is 36.9 Å². The highest BCUT2D eigenvalue weighted by Gasteiger charge is 2.49. The number of aliphatic hydroxyl groups is 3. The lowest BCUT2D eigenvalue weighted by molar-refractivity contribution is -0.251. The SMILES string of the molecule is CCOc1ccc(Cc2cc([C@@H]3O[C@H](C(F)F)[C@@H](O)[C@H](O)[C@H]3O)c3c(c2Cl)CCO3)cc1. The standard InChI is InChI=1S/C23H25ClF2O6/c1-2-30-13-5-3-11(4-6-13)9-12-10-15(20-14(16(12)24)7-8-31-20)21-18(28)17(27)19(29)22(32-21)23(25)26/h3-6,10,17-19,21-23,27-29H,2,7-9H2,1H3/t17-,18-,19+,21+,22+/m1/s1. The highest BCUT2D eigenvalue weighted by molar-refractivity contribution is 6.32. The van der Waals surface area contributed by atoms with Crippen molar-refractivity contribution in [1.29, 1.82) is 0 Å². The molecule has 0 unspecified atom stereocenters. The minimum atomic E-state index is -3.04. The van der Waals surface area contributed by atoms with Crippen LogP contribution in [0.2, 0.25) is 5.02 Å². The molecule has 0 aliphatic carbocycles.